The van der Waals surface area contributed by atoms with E-state index in [1.807, 2.05) is 30.3 Å². The first-order chi connectivity index (χ1) is 10.3. The topological polar surface area (TPSA) is 55.1 Å². The number of furan rings is 1. The maximum absolute atomic E-state index is 11.2. The van der Waals surface area contributed by atoms with Crippen LogP contribution in [0.2, 0.25) is 0 Å². The number of amides is 1. The summed E-state index contributed by atoms with van der Waals surface area (Å²) in [6.45, 7) is 0. The molecule has 1 atom stereocenters. The molecule has 1 fully saturated rings. The Morgan fingerprint density at radius 2 is 2.19 bits per heavy atom. The van der Waals surface area contributed by atoms with Gasteiger partial charge in [0, 0.05) is 18.9 Å². The number of benzene rings is 1. The van der Waals surface area contributed by atoms with Crippen molar-refractivity contribution in [3.05, 3.63) is 42.2 Å². The fourth-order valence-electron chi connectivity index (χ4n) is 2.65. The second-order valence-electron chi connectivity index (χ2n) is 5.26. The van der Waals surface area contributed by atoms with E-state index in [4.69, 9.17) is 4.42 Å². The summed E-state index contributed by atoms with van der Waals surface area (Å²) in [5, 5.41) is 3.86. The van der Waals surface area contributed by atoms with E-state index in [1.165, 1.54) is 0 Å². The quantitative estimate of drug-likeness (QED) is 0.806. The van der Waals surface area contributed by atoms with E-state index < -0.39 is 0 Å². The SMILES string of the molecule is O=C1CCC(Cc2ccc(-c3nc4ccccc4s3)o2)N1. The largest absolute Gasteiger partial charge is 0.458 e. The van der Waals surface area contributed by atoms with E-state index in [2.05, 4.69) is 16.4 Å². The number of para-hydroxylation sites is 1. The Balaban J connectivity index is 1.57. The maximum Gasteiger partial charge on any atom is 0.220 e. The van der Waals surface area contributed by atoms with Crippen LogP contribution in [0.15, 0.2) is 40.8 Å². The molecule has 5 heteroatoms. The number of hydrogen-bond acceptors (Lipinski definition) is 4. The molecule has 1 saturated heterocycles. The third kappa shape index (κ3) is 2.45. The van der Waals surface area contributed by atoms with Crippen LogP contribution in [-0.4, -0.2) is 16.9 Å². The molecule has 0 spiro atoms. The molecule has 0 aliphatic carbocycles. The van der Waals surface area contributed by atoms with Crippen molar-refractivity contribution >= 4 is 27.5 Å². The molecule has 1 unspecified atom stereocenters. The van der Waals surface area contributed by atoms with Crippen LogP contribution >= 0.6 is 11.3 Å². The Hall–Kier alpha value is -2.14. The smallest absolute Gasteiger partial charge is 0.220 e. The summed E-state index contributed by atoms with van der Waals surface area (Å²) in [6.07, 6.45) is 2.25. The molecule has 1 aliphatic rings. The zero-order valence-electron chi connectivity index (χ0n) is 11.3. The van der Waals surface area contributed by atoms with Gasteiger partial charge in [0.15, 0.2) is 10.8 Å². The highest BCUT2D eigenvalue weighted by Gasteiger charge is 2.22. The van der Waals surface area contributed by atoms with E-state index in [-0.39, 0.29) is 11.9 Å². The average Bonchev–Trinajstić information content (AvgIpc) is 3.18. The average molecular weight is 298 g/mol. The molecule has 1 aliphatic heterocycles. The number of nitrogens with one attached hydrogen (secondary N) is 1. The molecule has 4 nitrogen and oxygen atoms in total. The van der Waals surface area contributed by atoms with Crippen molar-refractivity contribution in [2.45, 2.75) is 25.3 Å². The minimum atomic E-state index is 0.137. The van der Waals surface area contributed by atoms with Gasteiger partial charge >= 0.3 is 0 Å². The molecule has 0 saturated carbocycles. The third-order valence-corrected chi connectivity index (χ3v) is 4.75. The monoisotopic (exact) mass is 298 g/mol. The van der Waals surface area contributed by atoms with Crippen LogP contribution in [0.25, 0.3) is 21.0 Å². The van der Waals surface area contributed by atoms with Crippen molar-refractivity contribution in [2.75, 3.05) is 0 Å². The second kappa shape index (κ2) is 5.00. The number of fused-ring (bicyclic) bond motifs is 1. The molecular formula is C16H14N2O2S. The number of thiazole rings is 1. The summed E-state index contributed by atoms with van der Waals surface area (Å²) in [4.78, 5) is 15.8. The number of aromatic nitrogens is 1. The minimum Gasteiger partial charge on any atom is -0.458 e. The normalized spacial score (nSPS) is 18.3. The van der Waals surface area contributed by atoms with Crippen LogP contribution < -0.4 is 5.32 Å². The van der Waals surface area contributed by atoms with Crippen LogP contribution in [0, 0.1) is 0 Å². The fourth-order valence-corrected chi connectivity index (χ4v) is 3.58. The standard InChI is InChI=1S/C16H14N2O2S/c19-15-8-5-10(17-15)9-11-6-7-13(20-11)16-18-12-3-1-2-4-14(12)21-16/h1-4,6-7,10H,5,8-9H2,(H,17,19). The van der Waals surface area contributed by atoms with Crippen molar-refractivity contribution in [2.24, 2.45) is 0 Å². The van der Waals surface area contributed by atoms with Gasteiger partial charge in [-0.2, -0.15) is 0 Å². The molecule has 2 aromatic heterocycles. The molecular weight excluding hydrogens is 284 g/mol. The van der Waals surface area contributed by atoms with Crippen molar-refractivity contribution < 1.29 is 9.21 Å². The van der Waals surface area contributed by atoms with Crippen molar-refractivity contribution in [3.8, 4) is 10.8 Å². The van der Waals surface area contributed by atoms with Gasteiger partial charge in [-0.05, 0) is 30.7 Å². The van der Waals surface area contributed by atoms with Crippen LogP contribution in [0.4, 0.5) is 0 Å². The maximum atomic E-state index is 11.2. The van der Waals surface area contributed by atoms with Crippen molar-refractivity contribution in [1.82, 2.24) is 10.3 Å². The number of rotatable bonds is 3. The second-order valence-corrected chi connectivity index (χ2v) is 6.29. The number of hydrogen-bond donors (Lipinski definition) is 1. The van der Waals surface area contributed by atoms with Gasteiger partial charge in [-0.15, -0.1) is 11.3 Å². The molecule has 106 valence electrons. The van der Waals surface area contributed by atoms with E-state index >= 15 is 0 Å². The van der Waals surface area contributed by atoms with E-state index in [1.54, 1.807) is 11.3 Å². The van der Waals surface area contributed by atoms with Crippen molar-refractivity contribution in [1.29, 1.82) is 0 Å². The first kappa shape index (κ1) is 12.6. The van der Waals surface area contributed by atoms with Gasteiger partial charge in [0.2, 0.25) is 5.91 Å². The molecule has 21 heavy (non-hydrogen) atoms. The van der Waals surface area contributed by atoms with Crippen LogP contribution in [0.1, 0.15) is 18.6 Å². The summed E-state index contributed by atoms with van der Waals surface area (Å²) in [7, 11) is 0. The lowest BCUT2D eigenvalue weighted by Gasteiger charge is -2.06. The van der Waals surface area contributed by atoms with Crippen LogP contribution in [0.3, 0.4) is 0 Å². The first-order valence-corrected chi connectivity index (χ1v) is 7.83. The lowest BCUT2D eigenvalue weighted by Crippen LogP contribution is -2.26. The Morgan fingerprint density at radius 1 is 1.29 bits per heavy atom. The summed E-state index contributed by atoms with van der Waals surface area (Å²) >= 11 is 1.63. The van der Waals surface area contributed by atoms with E-state index in [0.717, 1.165) is 39.6 Å². The molecule has 3 aromatic rings. The summed E-state index contributed by atoms with van der Waals surface area (Å²) < 4.78 is 7.05. The first-order valence-electron chi connectivity index (χ1n) is 7.02. The molecule has 0 bridgehead atoms. The van der Waals surface area contributed by atoms with Crippen LogP contribution in [-0.2, 0) is 11.2 Å². The summed E-state index contributed by atoms with van der Waals surface area (Å²) in [5.41, 5.74) is 0.999. The molecule has 4 rings (SSSR count). The van der Waals surface area contributed by atoms with E-state index in [9.17, 15) is 4.79 Å². The Labute approximate surface area is 125 Å². The Kier molecular flexibility index (Phi) is 3.00. The van der Waals surface area contributed by atoms with Gasteiger partial charge in [0.25, 0.3) is 0 Å². The number of nitrogens with zero attached hydrogens (tertiary/aromatic N) is 1. The third-order valence-electron chi connectivity index (χ3n) is 3.70. The highest BCUT2D eigenvalue weighted by Crippen LogP contribution is 2.31. The Morgan fingerprint density at radius 3 is 3.00 bits per heavy atom. The van der Waals surface area contributed by atoms with Gasteiger partial charge in [0.1, 0.15) is 5.76 Å². The highest BCUT2D eigenvalue weighted by molar-refractivity contribution is 7.21. The van der Waals surface area contributed by atoms with Gasteiger partial charge in [-0.1, -0.05) is 12.1 Å². The zero-order valence-corrected chi connectivity index (χ0v) is 12.2. The summed E-state index contributed by atoms with van der Waals surface area (Å²) in [6, 6.07) is 12.2. The lowest BCUT2D eigenvalue weighted by molar-refractivity contribution is -0.119. The molecule has 1 aromatic carbocycles. The lowest BCUT2D eigenvalue weighted by atomic mass is 10.1. The van der Waals surface area contributed by atoms with Gasteiger partial charge in [-0.3, -0.25) is 4.79 Å². The molecule has 3 heterocycles. The number of carbonyl (C=O) groups excluding carboxylic acids is 1. The van der Waals surface area contributed by atoms with Crippen LogP contribution in [0.5, 0.6) is 0 Å². The van der Waals surface area contributed by atoms with Gasteiger partial charge < -0.3 is 9.73 Å². The van der Waals surface area contributed by atoms with Gasteiger partial charge in [-0.25, -0.2) is 4.98 Å². The molecule has 1 N–H and O–H groups in total. The zero-order chi connectivity index (χ0) is 14.2. The summed E-state index contributed by atoms with van der Waals surface area (Å²) in [5.74, 6) is 1.84. The fraction of sp³-hybridized carbons (Fsp3) is 0.250. The predicted octanol–water partition coefficient (Wildman–Crippen LogP) is 3.38. The minimum absolute atomic E-state index is 0.137. The van der Waals surface area contributed by atoms with E-state index in [0.29, 0.717) is 6.42 Å². The van der Waals surface area contributed by atoms with Crippen molar-refractivity contribution in [3.63, 3.8) is 0 Å². The molecule has 0 radical (unpaired) electrons. The predicted molar refractivity (Wildman–Crippen MR) is 82.2 cm³/mol. The number of carbonyl (C=O) groups is 1. The Bertz CT molecular complexity index is 772. The molecule has 1 amide bonds. The van der Waals surface area contributed by atoms with Gasteiger partial charge in [0.05, 0.1) is 10.2 Å². The highest BCUT2D eigenvalue weighted by atomic mass is 32.1.